The van der Waals surface area contributed by atoms with Gasteiger partial charge >= 0.3 is 0 Å². The number of aliphatic hydroxyl groups is 1. The van der Waals surface area contributed by atoms with E-state index in [0.29, 0.717) is 17.9 Å². The minimum atomic E-state index is 0.177. The second-order valence-electron chi connectivity index (χ2n) is 5.40. The average molecular weight is 247 g/mol. The Balaban J connectivity index is 1.81. The number of aromatic nitrogens is 2. The van der Waals surface area contributed by atoms with Gasteiger partial charge in [-0.1, -0.05) is 6.42 Å². The molecular weight excluding hydrogens is 230 g/mol. The second-order valence-corrected chi connectivity index (χ2v) is 5.40. The SMILES string of the molecule is OCC1CCCC2C1C1NN=CN1c1cncn12. The van der Waals surface area contributed by atoms with Crippen molar-refractivity contribution in [3.63, 3.8) is 0 Å². The zero-order valence-corrected chi connectivity index (χ0v) is 10.1. The molecule has 4 rings (SSSR count). The highest BCUT2D eigenvalue weighted by atomic mass is 16.3. The minimum absolute atomic E-state index is 0.177. The van der Waals surface area contributed by atoms with Crippen LogP contribution in [0, 0.1) is 11.8 Å². The van der Waals surface area contributed by atoms with Crippen LogP contribution in [0.4, 0.5) is 5.82 Å². The van der Waals surface area contributed by atoms with Gasteiger partial charge in [0, 0.05) is 18.6 Å². The molecule has 0 aromatic carbocycles. The molecule has 0 bridgehead atoms. The molecule has 96 valence electrons. The van der Waals surface area contributed by atoms with E-state index < -0.39 is 0 Å². The molecule has 3 heterocycles. The van der Waals surface area contributed by atoms with Gasteiger partial charge in [-0.05, 0) is 18.8 Å². The summed E-state index contributed by atoms with van der Waals surface area (Å²) in [6.07, 6.45) is 9.26. The molecule has 2 aliphatic heterocycles. The van der Waals surface area contributed by atoms with Crippen LogP contribution in [0.25, 0.3) is 0 Å². The lowest BCUT2D eigenvalue weighted by atomic mass is 9.73. The number of hydrogen-bond acceptors (Lipinski definition) is 5. The molecule has 2 N–H and O–H groups in total. The van der Waals surface area contributed by atoms with Gasteiger partial charge in [-0.15, -0.1) is 0 Å². The van der Waals surface area contributed by atoms with Crippen molar-refractivity contribution in [3.8, 4) is 0 Å². The molecule has 1 aromatic heterocycles. The molecule has 1 aromatic rings. The molecule has 3 aliphatic rings. The van der Waals surface area contributed by atoms with Crippen LogP contribution in [0.3, 0.4) is 0 Å². The van der Waals surface area contributed by atoms with Crippen molar-refractivity contribution in [1.29, 1.82) is 0 Å². The Labute approximate surface area is 105 Å². The van der Waals surface area contributed by atoms with Crippen LogP contribution in [0.15, 0.2) is 17.6 Å². The molecule has 0 saturated heterocycles. The number of hydrogen-bond donors (Lipinski definition) is 2. The average Bonchev–Trinajstić information content (AvgIpc) is 3.06. The molecule has 1 aliphatic carbocycles. The molecule has 0 spiro atoms. The normalized spacial score (nSPS) is 36.8. The highest BCUT2D eigenvalue weighted by molar-refractivity contribution is 5.80. The van der Waals surface area contributed by atoms with Crippen molar-refractivity contribution in [1.82, 2.24) is 15.0 Å². The van der Waals surface area contributed by atoms with Gasteiger partial charge in [0.05, 0.1) is 12.5 Å². The first-order chi connectivity index (χ1) is 8.90. The highest BCUT2D eigenvalue weighted by Gasteiger charge is 2.47. The number of aliphatic hydroxyl groups excluding tert-OH is 1. The fourth-order valence-electron chi connectivity index (χ4n) is 3.83. The summed E-state index contributed by atoms with van der Waals surface area (Å²) in [5.41, 5.74) is 3.20. The van der Waals surface area contributed by atoms with E-state index in [1.807, 2.05) is 18.9 Å². The number of hydrazone groups is 1. The van der Waals surface area contributed by atoms with Gasteiger partial charge in [-0.2, -0.15) is 5.10 Å². The largest absolute Gasteiger partial charge is 0.396 e. The maximum Gasteiger partial charge on any atom is 0.135 e. The number of nitrogens with one attached hydrogen (secondary N) is 1. The van der Waals surface area contributed by atoms with Gasteiger partial charge in [-0.3, -0.25) is 10.3 Å². The summed E-state index contributed by atoms with van der Waals surface area (Å²) in [6, 6.07) is 0.434. The molecule has 4 unspecified atom stereocenters. The summed E-state index contributed by atoms with van der Waals surface area (Å²) < 4.78 is 2.25. The molecule has 0 amide bonds. The number of anilines is 1. The second kappa shape index (κ2) is 3.71. The summed E-state index contributed by atoms with van der Waals surface area (Å²) >= 11 is 0. The Kier molecular flexibility index (Phi) is 2.14. The van der Waals surface area contributed by atoms with Crippen LogP contribution in [0.5, 0.6) is 0 Å². The van der Waals surface area contributed by atoms with Crippen LogP contribution in [0.2, 0.25) is 0 Å². The standard InChI is InChI=1S/C12H17N5O/c18-5-8-2-1-3-9-11(8)12-15-14-7-17(12)10-4-13-6-16(9)10/h4,6-9,11-12,15,18H,1-3,5H2. The molecule has 6 heteroatoms. The quantitative estimate of drug-likeness (QED) is 0.759. The molecule has 1 fully saturated rings. The first kappa shape index (κ1) is 10.4. The van der Waals surface area contributed by atoms with Crippen molar-refractivity contribution >= 4 is 12.2 Å². The van der Waals surface area contributed by atoms with Crippen molar-refractivity contribution in [3.05, 3.63) is 12.5 Å². The van der Waals surface area contributed by atoms with Crippen molar-refractivity contribution in [2.24, 2.45) is 16.9 Å². The molecule has 1 saturated carbocycles. The lowest BCUT2D eigenvalue weighted by Gasteiger charge is -2.47. The Morgan fingerprint density at radius 1 is 1.44 bits per heavy atom. The van der Waals surface area contributed by atoms with Crippen LogP contribution in [0.1, 0.15) is 25.3 Å². The van der Waals surface area contributed by atoms with Crippen molar-refractivity contribution in [2.45, 2.75) is 31.5 Å². The highest BCUT2D eigenvalue weighted by Crippen LogP contribution is 2.46. The van der Waals surface area contributed by atoms with E-state index in [1.54, 1.807) is 0 Å². The maximum absolute atomic E-state index is 9.64. The smallest absolute Gasteiger partial charge is 0.135 e. The summed E-state index contributed by atoms with van der Waals surface area (Å²) in [6.45, 7) is 0.261. The fourth-order valence-corrected chi connectivity index (χ4v) is 3.83. The van der Waals surface area contributed by atoms with Crippen LogP contribution in [-0.2, 0) is 0 Å². The Hall–Kier alpha value is -1.56. The third-order valence-corrected chi connectivity index (χ3v) is 4.62. The minimum Gasteiger partial charge on any atom is -0.396 e. The molecular formula is C12H17N5O. The molecule has 4 atom stereocenters. The third-order valence-electron chi connectivity index (χ3n) is 4.62. The van der Waals surface area contributed by atoms with Gasteiger partial charge in [0.15, 0.2) is 0 Å². The first-order valence-corrected chi connectivity index (χ1v) is 6.60. The Bertz CT molecular complexity index is 485. The van der Waals surface area contributed by atoms with Gasteiger partial charge in [-0.25, -0.2) is 4.98 Å². The molecule has 0 radical (unpaired) electrons. The van der Waals surface area contributed by atoms with Crippen LogP contribution in [-0.4, -0.2) is 33.8 Å². The number of rotatable bonds is 1. The van der Waals surface area contributed by atoms with Crippen molar-refractivity contribution < 1.29 is 5.11 Å². The van der Waals surface area contributed by atoms with E-state index >= 15 is 0 Å². The lowest BCUT2D eigenvalue weighted by molar-refractivity contribution is 0.0626. The summed E-state index contributed by atoms with van der Waals surface area (Å²) in [7, 11) is 0. The monoisotopic (exact) mass is 247 g/mol. The predicted octanol–water partition coefficient (Wildman–Crippen LogP) is 0.525. The van der Waals surface area contributed by atoms with Crippen LogP contribution >= 0.6 is 0 Å². The summed E-state index contributed by atoms with van der Waals surface area (Å²) in [5.74, 6) is 1.85. The summed E-state index contributed by atoms with van der Waals surface area (Å²) in [4.78, 5) is 6.42. The number of nitrogens with zero attached hydrogens (tertiary/aromatic N) is 4. The number of imidazole rings is 1. The lowest BCUT2D eigenvalue weighted by Crippen LogP contribution is -2.55. The number of fused-ring (bicyclic) bond motifs is 6. The van der Waals surface area contributed by atoms with Gasteiger partial charge in [0.1, 0.15) is 18.3 Å². The summed E-state index contributed by atoms with van der Waals surface area (Å²) in [5, 5.41) is 13.8. The van der Waals surface area contributed by atoms with Crippen LogP contribution < -0.4 is 10.3 Å². The topological polar surface area (TPSA) is 65.7 Å². The Morgan fingerprint density at radius 2 is 2.39 bits per heavy atom. The predicted molar refractivity (Wildman–Crippen MR) is 67.1 cm³/mol. The van der Waals surface area contributed by atoms with E-state index in [-0.39, 0.29) is 12.8 Å². The van der Waals surface area contributed by atoms with E-state index in [9.17, 15) is 5.11 Å². The van der Waals surface area contributed by atoms with E-state index in [0.717, 1.165) is 18.7 Å². The van der Waals surface area contributed by atoms with Crippen molar-refractivity contribution in [2.75, 3.05) is 11.5 Å². The van der Waals surface area contributed by atoms with Gasteiger partial charge in [0.25, 0.3) is 0 Å². The van der Waals surface area contributed by atoms with Gasteiger partial charge < -0.3 is 9.67 Å². The molecule has 6 nitrogen and oxygen atoms in total. The first-order valence-electron chi connectivity index (χ1n) is 6.60. The third kappa shape index (κ3) is 1.21. The molecule has 18 heavy (non-hydrogen) atoms. The Morgan fingerprint density at radius 3 is 3.28 bits per heavy atom. The van der Waals surface area contributed by atoms with Gasteiger partial charge in [0.2, 0.25) is 0 Å². The van der Waals surface area contributed by atoms with E-state index in [4.69, 9.17) is 0 Å². The maximum atomic E-state index is 9.64. The zero-order valence-electron chi connectivity index (χ0n) is 10.1. The zero-order chi connectivity index (χ0) is 12.1. The van der Waals surface area contributed by atoms with E-state index in [1.165, 1.54) is 6.42 Å². The fraction of sp³-hybridized carbons (Fsp3) is 0.667. The van der Waals surface area contributed by atoms with E-state index in [2.05, 4.69) is 25.0 Å².